The Balaban J connectivity index is 5.15. The Morgan fingerprint density at radius 3 is 1.91 bits per heavy atom. The fourth-order valence-electron chi connectivity index (χ4n) is 2.36. The van der Waals surface area contributed by atoms with Crippen LogP contribution >= 0.6 is 0 Å². The predicted molar refractivity (Wildman–Crippen MR) is 112 cm³/mol. The number of carboxylic acid groups (broad SMARTS) is 1. The van der Waals surface area contributed by atoms with Crippen LogP contribution in [0.15, 0.2) is 4.99 Å². The number of nitrogens with one attached hydrogen (secondary N) is 3. The van der Waals surface area contributed by atoms with Crippen molar-refractivity contribution in [1.82, 2.24) is 16.0 Å². The van der Waals surface area contributed by atoms with Crippen LogP contribution in [0.1, 0.15) is 26.7 Å². The Labute approximate surface area is 184 Å². The van der Waals surface area contributed by atoms with Crippen LogP contribution in [0.25, 0.3) is 0 Å². The van der Waals surface area contributed by atoms with Gasteiger partial charge >= 0.3 is 5.97 Å². The lowest BCUT2D eigenvalue weighted by Gasteiger charge is -2.26. The van der Waals surface area contributed by atoms with Gasteiger partial charge in [0, 0.05) is 6.54 Å². The van der Waals surface area contributed by atoms with Gasteiger partial charge in [0.25, 0.3) is 0 Å². The van der Waals surface area contributed by atoms with Crippen molar-refractivity contribution < 1.29 is 39.6 Å². The molecule has 0 spiro atoms. The van der Waals surface area contributed by atoms with Crippen molar-refractivity contribution in [3.63, 3.8) is 0 Å². The number of carboxylic acids is 1. The van der Waals surface area contributed by atoms with Crippen LogP contribution < -0.4 is 33.2 Å². The number of nitrogens with zero attached hydrogens (tertiary/aromatic N) is 1. The average Bonchev–Trinajstić information content (AvgIpc) is 2.70. The number of hydrogen-bond acceptors (Lipinski definition) is 9. The molecule has 13 N–H and O–H groups in total. The molecule has 32 heavy (non-hydrogen) atoms. The van der Waals surface area contributed by atoms with Crippen molar-refractivity contribution in [2.45, 2.75) is 63.1 Å². The number of carbonyl (C=O) groups is 4. The molecule has 15 heteroatoms. The number of aliphatic carboxylic acids is 1. The van der Waals surface area contributed by atoms with Gasteiger partial charge in [-0.15, -0.1) is 0 Å². The monoisotopic (exact) mass is 463 g/mol. The van der Waals surface area contributed by atoms with Crippen molar-refractivity contribution in [3.05, 3.63) is 0 Å². The van der Waals surface area contributed by atoms with Crippen molar-refractivity contribution in [3.8, 4) is 0 Å². The fourth-order valence-corrected chi connectivity index (χ4v) is 2.36. The van der Waals surface area contributed by atoms with E-state index < -0.39 is 66.7 Å². The number of guanidine groups is 1. The summed E-state index contributed by atoms with van der Waals surface area (Å²) in [6, 6.07) is -5.87. The molecule has 3 amide bonds. The van der Waals surface area contributed by atoms with Gasteiger partial charge in [-0.1, -0.05) is 0 Å². The molecular weight excluding hydrogens is 430 g/mol. The average molecular weight is 463 g/mol. The number of carbonyl (C=O) groups excluding carboxylic acids is 3. The molecule has 0 radical (unpaired) electrons. The summed E-state index contributed by atoms with van der Waals surface area (Å²) < 4.78 is 0. The summed E-state index contributed by atoms with van der Waals surface area (Å²) in [5.41, 5.74) is 15.8. The SMILES string of the molecule is CC(O)C(N)C(=O)NC(CO)C(=O)NC(C(=O)NC(CCCN=C(N)N)C(=O)O)C(C)O. The van der Waals surface area contributed by atoms with Gasteiger partial charge in [0.05, 0.1) is 18.8 Å². The zero-order valence-corrected chi connectivity index (χ0v) is 17.9. The highest BCUT2D eigenvalue weighted by atomic mass is 16.4. The van der Waals surface area contributed by atoms with E-state index in [0.717, 1.165) is 0 Å². The van der Waals surface area contributed by atoms with Crippen LogP contribution in [0.3, 0.4) is 0 Å². The van der Waals surface area contributed by atoms with Gasteiger partial charge in [0.15, 0.2) is 5.96 Å². The maximum absolute atomic E-state index is 12.5. The molecule has 0 aromatic rings. The molecule has 0 heterocycles. The number of amides is 3. The summed E-state index contributed by atoms with van der Waals surface area (Å²) >= 11 is 0. The summed E-state index contributed by atoms with van der Waals surface area (Å²) in [6.45, 7) is 1.68. The molecule has 0 saturated heterocycles. The van der Waals surface area contributed by atoms with E-state index in [1.165, 1.54) is 13.8 Å². The predicted octanol–water partition coefficient (Wildman–Crippen LogP) is -5.34. The lowest BCUT2D eigenvalue weighted by molar-refractivity contribution is -0.143. The Morgan fingerprint density at radius 2 is 1.47 bits per heavy atom. The van der Waals surface area contributed by atoms with E-state index >= 15 is 0 Å². The molecule has 0 saturated carbocycles. The Hall–Kier alpha value is -3.01. The zero-order valence-electron chi connectivity index (χ0n) is 17.9. The van der Waals surface area contributed by atoms with Gasteiger partial charge in [0.1, 0.15) is 24.2 Å². The number of aliphatic hydroxyl groups is 3. The molecule has 6 atom stereocenters. The third-order valence-electron chi connectivity index (χ3n) is 4.26. The first kappa shape index (κ1) is 29.0. The van der Waals surface area contributed by atoms with Crippen LogP contribution in [0.2, 0.25) is 0 Å². The quantitative estimate of drug-likeness (QED) is 0.0659. The minimum atomic E-state index is -1.60. The Kier molecular flexibility index (Phi) is 12.8. The summed E-state index contributed by atoms with van der Waals surface area (Å²) in [4.78, 5) is 51.9. The molecule has 0 fully saturated rings. The first-order valence-corrected chi connectivity index (χ1v) is 9.73. The Bertz CT molecular complexity index is 682. The lowest BCUT2D eigenvalue weighted by atomic mass is 10.1. The summed E-state index contributed by atoms with van der Waals surface area (Å²) in [5, 5.41) is 44.3. The fraction of sp³-hybridized carbons (Fsp3) is 0.706. The summed E-state index contributed by atoms with van der Waals surface area (Å²) in [5.74, 6) is -4.51. The summed E-state index contributed by atoms with van der Waals surface area (Å²) in [6.07, 6.45) is -2.49. The highest BCUT2D eigenvalue weighted by Crippen LogP contribution is 2.02. The smallest absolute Gasteiger partial charge is 0.326 e. The number of aliphatic imine (C=N–C) groups is 1. The van der Waals surface area contributed by atoms with E-state index in [1.54, 1.807) is 0 Å². The van der Waals surface area contributed by atoms with Gasteiger partial charge < -0.3 is 53.6 Å². The van der Waals surface area contributed by atoms with Crippen LogP contribution in [0.4, 0.5) is 0 Å². The first-order valence-electron chi connectivity index (χ1n) is 9.73. The van der Waals surface area contributed by atoms with E-state index in [1.807, 2.05) is 0 Å². The molecule has 6 unspecified atom stereocenters. The van der Waals surface area contributed by atoms with Crippen LogP contribution in [-0.4, -0.2) is 99.6 Å². The van der Waals surface area contributed by atoms with Gasteiger partial charge in [-0.25, -0.2) is 4.79 Å². The van der Waals surface area contributed by atoms with Crippen molar-refractivity contribution >= 4 is 29.7 Å². The molecule has 0 aliphatic rings. The number of rotatable bonds is 14. The maximum atomic E-state index is 12.5. The normalized spacial score (nSPS) is 16.4. The third-order valence-corrected chi connectivity index (χ3v) is 4.26. The number of hydrogen-bond donors (Lipinski definition) is 10. The minimum Gasteiger partial charge on any atom is -0.480 e. The first-order chi connectivity index (χ1) is 14.8. The lowest BCUT2D eigenvalue weighted by Crippen LogP contribution is -2.61. The van der Waals surface area contributed by atoms with Gasteiger partial charge in [0.2, 0.25) is 17.7 Å². The molecular formula is C17H33N7O8. The van der Waals surface area contributed by atoms with E-state index in [0.29, 0.717) is 0 Å². The van der Waals surface area contributed by atoms with Gasteiger partial charge in [-0.2, -0.15) is 0 Å². The molecule has 0 aliphatic carbocycles. The molecule has 0 aromatic heterocycles. The van der Waals surface area contributed by atoms with Gasteiger partial charge in [-0.05, 0) is 26.7 Å². The number of aliphatic hydroxyl groups excluding tert-OH is 3. The molecule has 15 nitrogen and oxygen atoms in total. The van der Waals surface area contributed by atoms with E-state index in [9.17, 15) is 39.6 Å². The zero-order chi connectivity index (χ0) is 25.0. The van der Waals surface area contributed by atoms with Crippen molar-refractivity contribution in [2.24, 2.45) is 22.2 Å². The topological polar surface area (TPSA) is 276 Å². The second-order valence-electron chi connectivity index (χ2n) is 7.09. The minimum absolute atomic E-state index is 0.0368. The second-order valence-corrected chi connectivity index (χ2v) is 7.09. The molecule has 0 aliphatic heterocycles. The maximum Gasteiger partial charge on any atom is 0.326 e. The van der Waals surface area contributed by atoms with Crippen LogP contribution in [0, 0.1) is 0 Å². The Morgan fingerprint density at radius 1 is 0.906 bits per heavy atom. The molecule has 184 valence electrons. The largest absolute Gasteiger partial charge is 0.480 e. The van der Waals surface area contributed by atoms with E-state index in [4.69, 9.17) is 17.2 Å². The molecule has 0 rings (SSSR count). The molecule has 0 aromatic carbocycles. The molecule has 0 bridgehead atoms. The standard InChI is InChI=1S/C17H33N7O8/c1-7(26)11(18)14(29)23-10(6-25)13(28)24-12(8(2)27)15(30)22-9(16(31)32)4-3-5-21-17(19)20/h7-12,25-27H,3-6,18H2,1-2H3,(H,22,30)(H,23,29)(H,24,28)(H,31,32)(H4,19,20,21). The van der Waals surface area contributed by atoms with Crippen molar-refractivity contribution in [1.29, 1.82) is 0 Å². The van der Waals surface area contributed by atoms with E-state index in [2.05, 4.69) is 20.9 Å². The number of nitrogens with two attached hydrogens (primary N) is 3. The highest BCUT2D eigenvalue weighted by Gasteiger charge is 2.32. The van der Waals surface area contributed by atoms with Crippen molar-refractivity contribution in [2.75, 3.05) is 13.2 Å². The van der Waals surface area contributed by atoms with Crippen LogP contribution in [0.5, 0.6) is 0 Å². The van der Waals surface area contributed by atoms with Gasteiger partial charge in [-0.3, -0.25) is 19.4 Å². The second kappa shape index (κ2) is 14.1. The summed E-state index contributed by atoms with van der Waals surface area (Å²) in [7, 11) is 0. The van der Waals surface area contributed by atoms with E-state index in [-0.39, 0.29) is 25.3 Å². The third kappa shape index (κ3) is 10.3. The highest BCUT2D eigenvalue weighted by molar-refractivity contribution is 5.94. The van der Waals surface area contributed by atoms with Crippen LogP contribution in [-0.2, 0) is 19.2 Å².